The Hall–Kier alpha value is -3.68. The largest absolute Gasteiger partial charge is 0.484 e. The standard InChI is InChI=1S/C21H24N4O4/c1-4-22-20(27)21(28)25-23-12-16-6-9-18(10-7-16)29-13-19(26)24-17-8-5-14(2)15(3)11-17/h5-12H,4,13H2,1-3H3,(H,22,27)(H,24,26)(H,25,28)/b23-12-. The number of hydrogen-bond donors (Lipinski definition) is 3. The molecule has 0 spiro atoms. The Morgan fingerprint density at radius 2 is 1.72 bits per heavy atom. The Bertz CT molecular complexity index is 907. The van der Waals surface area contributed by atoms with Crippen molar-refractivity contribution in [2.45, 2.75) is 20.8 Å². The van der Waals surface area contributed by atoms with Gasteiger partial charge in [0, 0.05) is 12.2 Å². The van der Waals surface area contributed by atoms with E-state index >= 15 is 0 Å². The summed E-state index contributed by atoms with van der Waals surface area (Å²) < 4.78 is 5.47. The number of rotatable bonds is 7. The van der Waals surface area contributed by atoms with Gasteiger partial charge in [-0.15, -0.1) is 0 Å². The number of hydrogen-bond acceptors (Lipinski definition) is 5. The van der Waals surface area contributed by atoms with Crippen molar-refractivity contribution in [3.05, 3.63) is 59.2 Å². The van der Waals surface area contributed by atoms with Crippen LogP contribution in [-0.4, -0.2) is 37.1 Å². The second-order valence-electron chi connectivity index (χ2n) is 6.26. The number of aryl methyl sites for hydroxylation is 2. The van der Waals surface area contributed by atoms with Gasteiger partial charge < -0.3 is 15.4 Å². The summed E-state index contributed by atoms with van der Waals surface area (Å²) in [7, 11) is 0. The molecule has 0 aliphatic carbocycles. The highest BCUT2D eigenvalue weighted by atomic mass is 16.5. The van der Waals surface area contributed by atoms with E-state index in [2.05, 4.69) is 21.2 Å². The third-order valence-electron chi connectivity index (χ3n) is 3.96. The van der Waals surface area contributed by atoms with Gasteiger partial charge in [-0.2, -0.15) is 5.10 Å². The van der Waals surface area contributed by atoms with Crippen LogP contribution in [0.2, 0.25) is 0 Å². The summed E-state index contributed by atoms with van der Waals surface area (Å²) in [6.45, 7) is 5.95. The Morgan fingerprint density at radius 3 is 2.38 bits per heavy atom. The van der Waals surface area contributed by atoms with Crippen molar-refractivity contribution in [1.29, 1.82) is 0 Å². The van der Waals surface area contributed by atoms with Crippen molar-refractivity contribution in [2.75, 3.05) is 18.5 Å². The summed E-state index contributed by atoms with van der Waals surface area (Å²) in [6.07, 6.45) is 1.40. The average molecular weight is 396 g/mol. The lowest BCUT2D eigenvalue weighted by Gasteiger charge is -2.09. The zero-order valence-corrected chi connectivity index (χ0v) is 16.6. The number of carbonyl (C=O) groups excluding carboxylic acids is 3. The number of benzene rings is 2. The second kappa shape index (κ2) is 10.6. The van der Waals surface area contributed by atoms with Gasteiger partial charge in [-0.1, -0.05) is 6.07 Å². The van der Waals surface area contributed by atoms with Crippen molar-refractivity contribution in [2.24, 2.45) is 5.10 Å². The highest BCUT2D eigenvalue weighted by Gasteiger charge is 2.10. The lowest BCUT2D eigenvalue weighted by molar-refractivity contribution is -0.139. The molecule has 0 fully saturated rings. The van der Waals surface area contributed by atoms with Gasteiger partial charge in [0.1, 0.15) is 5.75 Å². The zero-order chi connectivity index (χ0) is 21.2. The van der Waals surface area contributed by atoms with Crippen LogP contribution in [0.25, 0.3) is 0 Å². The summed E-state index contributed by atoms with van der Waals surface area (Å²) in [5.74, 6) is -1.32. The third kappa shape index (κ3) is 7.10. The number of nitrogens with one attached hydrogen (secondary N) is 3. The average Bonchev–Trinajstić information content (AvgIpc) is 2.70. The zero-order valence-electron chi connectivity index (χ0n) is 16.6. The lowest BCUT2D eigenvalue weighted by Crippen LogP contribution is -2.37. The van der Waals surface area contributed by atoms with E-state index in [-0.39, 0.29) is 12.5 Å². The van der Waals surface area contributed by atoms with Crippen LogP contribution in [0, 0.1) is 13.8 Å². The molecule has 8 nitrogen and oxygen atoms in total. The maximum absolute atomic E-state index is 12.0. The van der Waals surface area contributed by atoms with Crippen LogP contribution in [0.1, 0.15) is 23.6 Å². The number of ether oxygens (including phenoxy) is 1. The smallest absolute Gasteiger partial charge is 0.329 e. The van der Waals surface area contributed by atoms with Gasteiger partial charge in [-0.05, 0) is 73.9 Å². The molecule has 0 bridgehead atoms. The van der Waals surface area contributed by atoms with Crippen LogP contribution in [0.15, 0.2) is 47.6 Å². The van der Waals surface area contributed by atoms with Crippen LogP contribution in [0.5, 0.6) is 5.75 Å². The first kappa shape index (κ1) is 21.6. The summed E-state index contributed by atoms with van der Waals surface area (Å²) in [6, 6.07) is 12.5. The summed E-state index contributed by atoms with van der Waals surface area (Å²) in [5.41, 5.74) is 5.81. The molecule has 2 aromatic rings. The number of anilines is 1. The van der Waals surface area contributed by atoms with Crippen LogP contribution in [-0.2, 0) is 14.4 Å². The molecule has 8 heteroatoms. The molecule has 0 heterocycles. The van der Waals surface area contributed by atoms with E-state index in [1.54, 1.807) is 31.2 Å². The molecule has 2 rings (SSSR count). The first-order valence-electron chi connectivity index (χ1n) is 9.10. The number of nitrogens with zero attached hydrogens (tertiary/aromatic N) is 1. The van der Waals surface area contributed by atoms with Crippen molar-refractivity contribution in [1.82, 2.24) is 10.7 Å². The van der Waals surface area contributed by atoms with Gasteiger partial charge in [0.2, 0.25) is 0 Å². The van der Waals surface area contributed by atoms with Gasteiger partial charge in [0.05, 0.1) is 6.21 Å². The van der Waals surface area contributed by atoms with Crippen molar-refractivity contribution in [3.63, 3.8) is 0 Å². The summed E-state index contributed by atoms with van der Waals surface area (Å²) >= 11 is 0. The molecular weight excluding hydrogens is 372 g/mol. The van der Waals surface area contributed by atoms with E-state index < -0.39 is 11.8 Å². The molecule has 0 unspecified atom stereocenters. The molecule has 0 aliphatic heterocycles. The van der Waals surface area contributed by atoms with Crippen LogP contribution in [0.3, 0.4) is 0 Å². The van der Waals surface area contributed by atoms with Gasteiger partial charge in [0.25, 0.3) is 5.91 Å². The van der Waals surface area contributed by atoms with Crippen LogP contribution < -0.4 is 20.8 Å². The van der Waals surface area contributed by atoms with Gasteiger partial charge in [-0.3, -0.25) is 14.4 Å². The fourth-order valence-corrected chi connectivity index (χ4v) is 2.27. The number of amides is 3. The second-order valence-corrected chi connectivity index (χ2v) is 6.26. The highest BCUT2D eigenvalue weighted by Crippen LogP contribution is 2.15. The third-order valence-corrected chi connectivity index (χ3v) is 3.96. The van der Waals surface area contributed by atoms with Gasteiger partial charge in [0.15, 0.2) is 6.61 Å². The molecular formula is C21H24N4O4. The Kier molecular flexibility index (Phi) is 7.90. The Labute approximate surface area is 169 Å². The monoisotopic (exact) mass is 396 g/mol. The normalized spacial score (nSPS) is 10.4. The number of likely N-dealkylation sites (N-methyl/N-ethyl adjacent to an activating group) is 1. The lowest BCUT2D eigenvalue weighted by atomic mass is 10.1. The minimum absolute atomic E-state index is 0.122. The molecule has 29 heavy (non-hydrogen) atoms. The number of carbonyl (C=O) groups is 3. The first-order chi connectivity index (χ1) is 13.9. The minimum Gasteiger partial charge on any atom is -0.484 e. The summed E-state index contributed by atoms with van der Waals surface area (Å²) in [4.78, 5) is 34.7. The first-order valence-corrected chi connectivity index (χ1v) is 9.10. The Morgan fingerprint density at radius 1 is 1.00 bits per heavy atom. The van der Waals surface area contributed by atoms with Crippen LogP contribution >= 0.6 is 0 Å². The molecule has 0 saturated carbocycles. The fourth-order valence-electron chi connectivity index (χ4n) is 2.27. The van der Waals surface area contributed by atoms with Crippen molar-refractivity contribution < 1.29 is 19.1 Å². The highest BCUT2D eigenvalue weighted by molar-refractivity contribution is 6.35. The molecule has 0 radical (unpaired) electrons. The van der Waals surface area contributed by atoms with E-state index in [1.807, 2.05) is 32.0 Å². The molecule has 2 aromatic carbocycles. The van der Waals surface area contributed by atoms with Crippen LogP contribution in [0.4, 0.5) is 5.69 Å². The van der Waals surface area contributed by atoms with Gasteiger partial charge >= 0.3 is 11.8 Å². The van der Waals surface area contributed by atoms with E-state index in [4.69, 9.17) is 4.74 Å². The van der Waals surface area contributed by atoms with E-state index in [0.717, 1.165) is 16.8 Å². The topological polar surface area (TPSA) is 109 Å². The molecule has 0 atom stereocenters. The maximum atomic E-state index is 12.0. The Balaban J connectivity index is 1.80. The molecule has 3 amide bonds. The van der Waals surface area contributed by atoms with Gasteiger partial charge in [-0.25, -0.2) is 5.43 Å². The predicted octanol–water partition coefficient (Wildman–Crippen LogP) is 1.91. The summed E-state index contributed by atoms with van der Waals surface area (Å²) in [5, 5.41) is 8.88. The maximum Gasteiger partial charge on any atom is 0.329 e. The van der Waals surface area contributed by atoms with Crippen molar-refractivity contribution >= 4 is 29.6 Å². The minimum atomic E-state index is -0.835. The van der Waals surface area contributed by atoms with E-state index in [9.17, 15) is 14.4 Å². The molecule has 152 valence electrons. The molecule has 0 aromatic heterocycles. The fraction of sp³-hybridized carbons (Fsp3) is 0.238. The van der Waals surface area contributed by atoms with Crippen molar-refractivity contribution in [3.8, 4) is 5.75 Å². The van der Waals surface area contributed by atoms with E-state index in [0.29, 0.717) is 17.9 Å². The quantitative estimate of drug-likeness (QED) is 0.377. The molecule has 3 N–H and O–H groups in total. The predicted molar refractivity (Wildman–Crippen MR) is 111 cm³/mol. The van der Waals surface area contributed by atoms with E-state index in [1.165, 1.54) is 6.21 Å². The number of hydrazone groups is 1. The molecule has 0 aliphatic rings. The molecule has 0 saturated heterocycles. The SMILES string of the molecule is CCNC(=O)C(=O)N/N=C\c1ccc(OCC(=O)Nc2ccc(C)c(C)c2)cc1.